The van der Waals surface area contributed by atoms with Gasteiger partial charge in [0, 0.05) is 6.04 Å². The highest BCUT2D eigenvalue weighted by Crippen LogP contribution is 2.29. The Hall–Kier alpha value is -2.16. The van der Waals surface area contributed by atoms with E-state index in [0.717, 1.165) is 12.8 Å². The third-order valence-electron chi connectivity index (χ3n) is 2.64. The predicted molar refractivity (Wildman–Crippen MR) is 63.7 cm³/mol. The van der Waals surface area contributed by atoms with Crippen LogP contribution in [0.2, 0.25) is 0 Å². The van der Waals surface area contributed by atoms with Crippen LogP contribution in [0.3, 0.4) is 0 Å². The number of carbonyl (C=O) groups excluding carboxylic acids is 1. The zero-order chi connectivity index (χ0) is 13.0. The highest BCUT2D eigenvalue weighted by molar-refractivity contribution is 5.75. The number of rotatable bonds is 5. The van der Waals surface area contributed by atoms with E-state index in [1.807, 2.05) is 11.0 Å². The number of hydrogen-bond acceptors (Lipinski definition) is 6. The lowest BCUT2D eigenvalue weighted by Gasteiger charge is -2.21. The molecule has 1 heterocycles. The summed E-state index contributed by atoms with van der Waals surface area (Å²) in [6, 6.07) is 2.25. The first-order valence-corrected chi connectivity index (χ1v) is 5.89. The Morgan fingerprint density at radius 1 is 1.56 bits per heavy atom. The lowest BCUT2D eigenvalue weighted by Crippen LogP contribution is -2.33. The molecule has 1 saturated carbocycles. The molecule has 1 aromatic rings. The van der Waals surface area contributed by atoms with E-state index in [1.54, 1.807) is 6.92 Å². The van der Waals surface area contributed by atoms with Crippen molar-refractivity contribution in [3.63, 3.8) is 0 Å². The van der Waals surface area contributed by atoms with Gasteiger partial charge < -0.3 is 9.64 Å². The third kappa shape index (κ3) is 2.94. The van der Waals surface area contributed by atoms with Crippen LogP contribution in [0.4, 0.5) is 5.82 Å². The van der Waals surface area contributed by atoms with Gasteiger partial charge in [-0.05, 0) is 19.8 Å². The van der Waals surface area contributed by atoms with Crippen LogP contribution in [-0.4, -0.2) is 35.1 Å². The highest BCUT2D eigenvalue weighted by Gasteiger charge is 2.31. The van der Waals surface area contributed by atoms with Crippen molar-refractivity contribution in [2.24, 2.45) is 0 Å². The molecule has 0 unspecified atom stereocenters. The Morgan fingerprint density at radius 2 is 2.33 bits per heavy atom. The number of ether oxygens (including phenoxy) is 1. The summed E-state index contributed by atoms with van der Waals surface area (Å²) in [5.41, 5.74) is 0.269. The number of nitrogens with zero attached hydrogens (tertiary/aromatic N) is 4. The van der Waals surface area contributed by atoms with Crippen LogP contribution in [0, 0.1) is 11.3 Å². The summed E-state index contributed by atoms with van der Waals surface area (Å²) in [6.07, 6.45) is 5.02. The smallest absolute Gasteiger partial charge is 0.325 e. The Morgan fingerprint density at radius 3 is 2.83 bits per heavy atom. The van der Waals surface area contributed by atoms with Crippen LogP contribution in [0.1, 0.15) is 25.5 Å². The van der Waals surface area contributed by atoms with Crippen LogP contribution < -0.4 is 4.90 Å². The monoisotopic (exact) mass is 246 g/mol. The minimum absolute atomic E-state index is 0.180. The van der Waals surface area contributed by atoms with Crippen molar-refractivity contribution < 1.29 is 9.53 Å². The van der Waals surface area contributed by atoms with Gasteiger partial charge in [-0.1, -0.05) is 0 Å². The van der Waals surface area contributed by atoms with Gasteiger partial charge in [0.25, 0.3) is 0 Å². The first-order valence-electron chi connectivity index (χ1n) is 5.89. The van der Waals surface area contributed by atoms with Gasteiger partial charge >= 0.3 is 5.97 Å². The van der Waals surface area contributed by atoms with Crippen LogP contribution >= 0.6 is 0 Å². The number of aromatic nitrogens is 2. The molecule has 0 radical (unpaired) electrons. The van der Waals surface area contributed by atoms with Gasteiger partial charge in [0.05, 0.1) is 19.0 Å². The fourth-order valence-corrected chi connectivity index (χ4v) is 1.66. The number of nitriles is 1. The van der Waals surface area contributed by atoms with E-state index in [0.29, 0.717) is 18.5 Å². The third-order valence-corrected chi connectivity index (χ3v) is 2.64. The van der Waals surface area contributed by atoms with E-state index in [-0.39, 0.29) is 18.2 Å². The predicted octanol–water partition coefficient (Wildman–Crippen LogP) is 0.880. The molecule has 94 valence electrons. The highest BCUT2D eigenvalue weighted by atomic mass is 16.5. The second-order valence-corrected chi connectivity index (χ2v) is 4.04. The first-order chi connectivity index (χ1) is 8.74. The van der Waals surface area contributed by atoms with Crippen molar-refractivity contribution in [3.05, 3.63) is 18.1 Å². The number of anilines is 1. The van der Waals surface area contributed by atoms with E-state index in [4.69, 9.17) is 10.00 Å². The van der Waals surface area contributed by atoms with Crippen molar-refractivity contribution in [3.8, 4) is 6.07 Å². The average Bonchev–Trinajstić information content (AvgIpc) is 3.21. The summed E-state index contributed by atoms with van der Waals surface area (Å²) in [7, 11) is 0. The van der Waals surface area contributed by atoms with Crippen LogP contribution in [-0.2, 0) is 9.53 Å². The maximum atomic E-state index is 11.5. The molecular formula is C12H14N4O2. The maximum Gasteiger partial charge on any atom is 0.325 e. The van der Waals surface area contributed by atoms with Crippen molar-refractivity contribution in [1.29, 1.82) is 5.26 Å². The van der Waals surface area contributed by atoms with E-state index >= 15 is 0 Å². The molecule has 1 fully saturated rings. The van der Waals surface area contributed by atoms with Gasteiger partial charge in [0.1, 0.15) is 18.4 Å². The van der Waals surface area contributed by atoms with Crippen LogP contribution in [0.15, 0.2) is 12.4 Å². The van der Waals surface area contributed by atoms with Gasteiger partial charge in [0.2, 0.25) is 0 Å². The molecule has 18 heavy (non-hydrogen) atoms. The number of carbonyl (C=O) groups is 1. The molecule has 0 bridgehead atoms. The summed E-state index contributed by atoms with van der Waals surface area (Å²) >= 11 is 0. The molecule has 0 aliphatic heterocycles. The molecule has 0 atom stereocenters. The average molecular weight is 246 g/mol. The van der Waals surface area contributed by atoms with Gasteiger partial charge in [-0.25, -0.2) is 9.97 Å². The second-order valence-electron chi connectivity index (χ2n) is 4.04. The normalized spacial score (nSPS) is 13.8. The minimum atomic E-state index is -0.268. The summed E-state index contributed by atoms with van der Waals surface area (Å²) in [5.74, 6) is 0.347. The Bertz CT molecular complexity index is 462. The van der Waals surface area contributed by atoms with E-state index in [2.05, 4.69) is 9.97 Å². The molecule has 6 nitrogen and oxygen atoms in total. The number of esters is 1. The fraction of sp³-hybridized carbons (Fsp3) is 0.500. The van der Waals surface area contributed by atoms with Gasteiger partial charge in [-0.3, -0.25) is 4.79 Å². The quantitative estimate of drug-likeness (QED) is 0.717. The Labute approximate surface area is 105 Å². The van der Waals surface area contributed by atoms with Crippen molar-refractivity contribution in [2.75, 3.05) is 18.1 Å². The Kier molecular flexibility index (Phi) is 3.72. The van der Waals surface area contributed by atoms with Crippen LogP contribution in [0.5, 0.6) is 0 Å². The molecule has 2 rings (SSSR count). The van der Waals surface area contributed by atoms with E-state index in [1.165, 1.54) is 12.4 Å². The molecule has 0 amide bonds. The molecule has 1 aliphatic carbocycles. The zero-order valence-electron chi connectivity index (χ0n) is 10.2. The number of hydrogen-bond donors (Lipinski definition) is 0. The molecule has 0 aromatic carbocycles. The Balaban J connectivity index is 2.09. The largest absolute Gasteiger partial charge is 0.465 e. The van der Waals surface area contributed by atoms with Crippen molar-refractivity contribution >= 4 is 11.8 Å². The molecular weight excluding hydrogens is 232 g/mol. The van der Waals surface area contributed by atoms with Crippen LogP contribution in [0.25, 0.3) is 0 Å². The summed E-state index contributed by atoms with van der Waals surface area (Å²) < 4.78 is 4.94. The summed E-state index contributed by atoms with van der Waals surface area (Å²) in [6.45, 7) is 2.33. The first kappa shape index (κ1) is 12.3. The molecule has 6 heteroatoms. The van der Waals surface area contributed by atoms with Gasteiger partial charge in [-0.2, -0.15) is 5.26 Å². The van der Waals surface area contributed by atoms with Gasteiger partial charge in [-0.15, -0.1) is 0 Å². The fourth-order valence-electron chi connectivity index (χ4n) is 1.66. The molecule has 0 spiro atoms. The van der Waals surface area contributed by atoms with Gasteiger partial charge in [0.15, 0.2) is 5.69 Å². The minimum Gasteiger partial charge on any atom is -0.465 e. The molecule has 1 aromatic heterocycles. The summed E-state index contributed by atoms with van der Waals surface area (Å²) in [5, 5.41) is 8.66. The van der Waals surface area contributed by atoms with Crippen molar-refractivity contribution in [2.45, 2.75) is 25.8 Å². The SMILES string of the molecule is CCOC(=O)CN(c1cnc(C#N)cn1)C1CC1. The zero-order valence-corrected chi connectivity index (χ0v) is 10.2. The van der Waals surface area contributed by atoms with E-state index in [9.17, 15) is 4.79 Å². The summed E-state index contributed by atoms with van der Waals surface area (Å²) in [4.78, 5) is 21.5. The lowest BCUT2D eigenvalue weighted by atomic mass is 10.4. The second kappa shape index (κ2) is 5.45. The molecule has 0 N–H and O–H groups in total. The standard InChI is InChI=1S/C12H14N4O2/c1-2-18-12(17)8-16(10-3-4-10)11-7-14-9(5-13)6-15-11/h6-7,10H,2-4,8H2,1H3. The lowest BCUT2D eigenvalue weighted by molar-refractivity contribution is -0.141. The molecule has 0 saturated heterocycles. The topological polar surface area (TPSA) is 79.1 Å². The van der Waals surface area contributed by atoms with E-state index < -0.39 is 0 Å². The maximum absolute atomic E-state index is 11.5. The molecule has 1 aliphatic rings. The van der Waals surface area contributed by atoms with Crippen molar-refractivity contribution in [1.82, 2.24) is 9.97 Å².